The second kappa shape index (κ2) is 9.41. The molecule has 0 saturated carbocycles. The van der Waals surface area contributed by atoms with Crippen LogP contribution in [0.25, 0.3) is 22.4 Å². The van der Waals surface area contributed by atoms with Crippen molar-refractivity contribution in [3.8, 4) is 28.1 Å². The molecule has 4 aromatic rings. The summed E-state index contributed by atoms with van der Waals surface area (Å²) >= 11 is 3.53. The Morgan fingerprint density at radius 3 is 2.64 bits per heavy atom. The predicted octanol–water partition coefficient (Wildman–Crippen LogP) is 6.64. The lowest BCUT2D eigenvalue weighted by Crippen LogP contribution is -2.12. The molecular formula is C27H23NO3S2. The van der Waals surface area contributed by atoms with E-state index in [1.54, 1.807) is 23.1 Å². The van der Waals surface area contributed by atoms with Crippen molar-refractivity contribution in [2.24, 2.45) is 0 Å². The molecule has 0 atom stereocenters. The van der Waals surface area contributed by atoms with Crippen LogP contribution in [0.2, 0.25) is 0 Å². The first-order valence-electron chi connectivity index (χ1n) is 10.8. The Kier molecular flexibility index (Phi) is 6.20. The largest absolute Gasteiger partial charge is 0.482 e. The summed E-state index contributed by atoms with van der Waals surface area (Å²) in [7, 11) is 0. The quantitative estimate of drug-likeness (QED) is 0.305. The molecule has 1 aromatic heterocycles. The number of hydrogen-bond acceptors (Lipinski definition) is 5. The van der Waals surface area contributed by atoms with Crippen molar-refractivity contribution in [3.63, 3.8) is 0 Å². The number of aromatic nitrogens is 1. The Labute approximate surface area is 201 Å². The molecule has 166 valence electrons. The van der Waals surface area contributed by atoms with E-state index in [-0.39, 0.29) is 6.61 Å². The number of carboxylic acid groups (broad SMARTS) is 1. The van der Waals surface area contributed by atoms with Gasteiger partial charge >= 0.3 is 5.97 Å². The third kappa shape index (κ3) is 4.68. The van der Waals surface area contributed by atoms with Crippen molar-refractivity contribution >= 4 is 29.1 Å². The van der Waals surface area contributed by atoms with Gasteiger partial charge in [-0.15, -0.1) is 11.3 Å². The van der Waals surface area contributed by atoms with Crippen LogP contribution in [0.15, 0.2) is 71.1 Å². The van der Waals surface area contributed by atoms with Gasteiger partial charge in [0.05, 0.1) is 5.69 Å². The molecule has 0 fully saturated rings. The van der Waals surface area contributed by atoms with Gasteiger partial charge in [0.1, 0.15) is 5.75 Å². The van der Waals surface area contributed by atoms with Crippen molar-refractivity contribution < 1.29 is 14.6 Å². The standard InChI is InChI=1S/C27H23NO3S2/c1-17-9-11-18(12-10-17)20-6-3-2-5-19(20)16-32-27-28-26-22-7-4-8-23(31-15-25(29)30)21(22)13-14-24(26)33-27/h2-12H,13-16H2,1H3,(H,29,30). The first-order chi connectivity index (χ1) is 16.1. The number of rotatable bonds is 7. The summed E-state index contributed by atoms with van der Waals surface area (Å²) in [6, 6.07) is 23.0. The van der Waals surface area contributed by atoms with E-state index >= 15 is 0 Å². The van der Waals surface area contributed by atoms with E-state index in [1.807, 2.05) is 12.1 Å². The third-order valence-electron chi connectivity index (χ3n) is 5.75. The van der Waals surface area contributed by atoms with E-state index in [4.69, 9.17) is 14.8 Å². The number of hydrogen-bond donors (Lipinski definition) is 1. The minimum absolute atomic E-state index is 0.331. The lowest BCUT2D eigenvalue weighted by atomic mass is 9.93. The molecule has 0 saturated heterocycles. The summed E-state index contributed by atoms with van der Waals surface area (Å²) in [6.07, 6.45) is 1.73. The van der Waals surface area contributed by atoms with Crippen LogP contribution in [-0.4, -0.2) is 22.7 Å². The maximum absolute atomic E-state index is 10.9. The number of nitrogens with zero attached hydrogens (tertiary/aromatic N) is 1. The number of fused-ring (bicyclic) bond motifs is 3. The first-order valence-corrected chi connectivity index (χ1v) is 12.6. The third-order valence-corrected chi connectivity index (χ3v) is 8.06. The van der Waals surface area contributed by atoms with E-state index in [0.29, 0.717) is 5.75 Å². The highest BCUT2D eigenvalue weighted by Crippen LogP contribution is 2.43. The first kappa shape index (κ1) is 21.7. The highest BCUT2D eigenvalue weighted by Gasteiger charge is 2.24. The average Bonchev–Trinajstić information content (AvgIpc) is 3.26. The Morgan fingerprint density at radius 1 is 1.03 bits per heavy atom. The Bertz CT molecular complexity index is 1310. The molecule has 6 heteroatoms. The van der Waals surface area contributed by atoms with E-state index in [1.165, 1.54) is 27.1 Å². The molecule has 0 spiro atoms. The van der Waals surface area contributed by atoms with Crippen molar-refractivity contribution in [2.75, 3.05) is 6.61 Å². The van der Waals surface area contributed by atoms with Crippen molar-refractivity contribution in [1.29, 1.82) is 0 Å². The highest BCUT2D eigenvalue weighted by atomic mass is 32.2. The molecule has 0 amide bonds. The van der Waals surface area contributed by atoms with E-state index in [0.717, 1.165) is 39.8 Å². The van der Waals surface area contributed by atoms with Gasteiger partial charge in [-0.25, -0.2) is 9.78 Å². The van der Waals surface area contributed by atoms with Crippen LogP contribution in [0, 0.1) is 6.92 Å². The second-order valence-corrected chi connectivity index (χ2v) is 10.3. The molecule has 0 radical (unpaired) electrons. The second-order valence-electron chi connectivity index (χ2n) is 8.03. The van der Waals surface area contributed by atoms with Gasteiger partial charge in [0.2, 0.25) is 0 Å². The number of thiazole rings is 1. The van der Waals surface area contributed by atoms with E-state index < -0.39 is 5.97 Å². The van der Waals surface area contributed by atoms with Gasteiger partial charge in [0.15, 0.2) is 10.9 Å². The van der Waals surface area contributed by atoms with Crippen LogP contribution in [0.4, 0.5) is 0 Å². The fourth-order valence-electron chi connectivity index (χ4n) is 4.13. The van der Waals surface area contributed by atoms with Crippen molar-refractivity contribution in [3.05, 3.63) is 88.3 Å². The molecule has 0 aliphatic heterocycles. The highest BCUT2D eigenvalue weighted by molar-refractivity contribution is 8.00. The summed E-state index contributed by atoms with van der Waals surface area (Å²) < 4.78 is 6.59. The number of carboxylic acids is 1. The monoisotopic (exact) mass is 473 g/mol. The molecule has 1 heterocycles. The van der Waals surface area contributed by atoms with Crippen LogP contribution in [0.5, 0.6) is 5.75 Å². The topological polar surface area (TPSA) is 59.4 Å². The van der Waals surface area contributed by atoms with Gasteiger partial charge in [-0.1, -0.05) is 78.0 Å². The van der Waals surface area contributed by atoms with Crippen LogP contribution < -0.4 is 4.74 Å². The minimum Gasteiger partial charge on any atom is -0.482 e. The number of carbonyl (C=O) groups is 1. The van der Waals surface area contributed by atoms with Crippen molar-refractivity contribution in [1.82, 2.24) is 4.98 Å². The molecule has 1 aliphatic rings. The summed E-state index contributed by atoms with van der Waals surface area (Å²) in [6.45, 7) is 1.77. The van der Waals surface area contributed by atoms with E-state index in [2.05, 4.69) is 61.5 Å². The molecular weight excluding hydrogens is 450 g/mol. The van der Waals surface area contributed by atoms with Gasteiger partial charge in [0.25, 0.3) is 0 Å². The fourth-order valence-corrected chi connectivity index (χ4v) is 6.34. The van der Waals surface area contributed by atoms with Crippen LogP contribution in [-0.2, 0) is 23.4 Å². The van der Waals surface area contributed by atoms with Crippen LogP contribution in [0.3, 0.4) is 0 Å². The molecule has 5 rings (SSSR count). The lowest BCUT2D eigenvalue weighted by molar-refractivity contribution is -0.139. The Balaban J connectivity index is 1.37. The smallest absolute Gasteiger partial charge is 0.341 e. The number of benzene rings is 3. The molecule has 3 aromatic carbocycles. The number of ether oxygens (including phenoxy) is 1. The number of aryl methyl sites for hydroxylation is 2. The van der Waals surface area contributed by atoms with Crippen LogP contribution >= 0.6 is 23.1 Å². The summed E-state index contributed by atoms with van der Waals surface area (Å²) in [4.78, 5) is 17.2. The predicted molar refractivity (Wildman–Crippen MR) is 134 cm³/mol. The van der Waals surface area contributed by atoms with Gasteiger partial charge in [-0.3, -0.25) is 0 Å². The molecule has 4 nitrogen and oxygen atoms in total. The van der Waals surface area contributed by atoms with Gasteiger partial charge in [-0.05, 0) is 42.5 Å². The molecule has 0 bridgehead atoms. The maximum Gasteiger partial charge on any atom is 0.341 e. The number of thioether (sulfide) groups is 1. The van der Waals surface area contributed by atoms with Crippen molar-refractivity contribution in [2.45, 2.75) is 29.9 Å². The van der Waals surface area contributed by atoms with E-state index in [9.17, 15) is 4.79 Å². The van der Waals surface area contributed by atoms with Crippen LogP contribution in [0.1, 0.15) is 21.6 Å². The number of aliphatic carboxylic acids is 1. The van der Waals surface area contributed by atoms with Gasteiger partial charge in [-0.2, -0.15) is 0 Å². The molecule has 33 heavy (non-hydrogen) atoms. The molecule has 0 unspecified atom stereocenters. The summed E-state index contributed by atoms with van der Waals surface area (Å²) in [5.41, 5.74) is 8.17. The van der Waals surface area contributed by atoms with Gasteiger partial charge in [0, 0.05) is 21.8 Å². The Hall–Kier alpha value is -3.09. The van der Waals surface area contributed by atoms with Gasteiger partial charge < -0.3 is 9.84 Å². The summed E-state index contributed by atoms with van der Waals surface area (Å²) in [5.74, 6) is 0.530. The zero-order chi connectivity index (χ0) is 22.8. The SMILES string of the molecule is Cc1ccc(-c2ccccc2CSc2nc3c(s2)CCc2c(OCC(=O)O)cccc2-3)cc1. The fraction of sp³-hybridized carbons (Fsp3) is 0.185. The summed E-state index contributed by atoms with van der Waals surface area (Å²) in [5, 5.41) is 8.96. The Morgan fingerprint density at radius 2 is 1.82 bits per heavy atom. The normalized spacial score (nSPS) is 12.2. The lowest BCUT2D eigenvalue weighted by Gasteiger charge is -2.18. The average molecular weight is 474 g/mol. The zero-order valence-corrected chi connectivity index (χ0v) is 19.8. The minimum atomic E-state index is -0.970. The maximum atomic E-state index is 10.9. The molecule has 1 aliphatic carbocycles. The molecule has 1 N–H and O–H groups in total. The zero-order valence-electron chi connectivity index (χ0n) is 18.2.